The van der Waals surface area contributed by atoms with Crippen molar-refractivity contribution >= 4 is 44.1 Å². The van der Waals surface area contributed by atoms with E-state index in [0.29, 0.717) is 11.5 Å². The van der Waals surface area contributed by atoms with Crippen molar-refractivity contribution in [2.24, 2.45) is 3.77 Å². The molecule has 0 N–H and O–H groups in total. The number of thiophene rings is 1. The number of fused-ring (bicyclic) bond motifs is 1. The van der Waals surface area contributed by atoms with Crippen molar-refractivity contribution in [3.8, 4) is 0 Å². The lowest BCUT2D eigenvalue weighted by Crippen LogP contribution is -2.06. The molecule has 0 bridgehead atoms. The normalized spacial score (nSPS) is 15.8. The van der Waals surface area contributed by atoms with Gasteiger partial charge in [-0.15, -0.1) is 15.1 Å². The highest BCUT2D eigenvalue weighted by Gasteiger charge is 2.24. The van der Waals surface area contributed by atoms with Crippen LogP contribution in [0.15, 0.2) is 14.1 Å². The second-order valence-electron chi connectivity index (χ2n) is 4.56. The van der Waals surface area contributed by atoms with E-state index in [1.54, 1.807) is 13.2 Å². The van der Waals surface area contributed by atoms with E-state index in [4.69, 9.17) is 4.74 Å². The predicted octanol–water partition coefficient (Wildman–Crippen LogP) is 2.63. The SMILES string of the molecule is CCOC(=O)c1sc([S@](C)=NS(C)(=O)=O)c2c1CCC=C2. The fourth-order valence-corrected chi connectivity index (χ4v) is 6.49. The van der Waals surface area contributed by atoms with Crippen molar-refractivity contribution in [3.63, 3.8) is 0 Å². The van der Waals surface area contributed by atoms with Gasteiger partial charge in [0.2, 0.25) is 0 Å². The second kappa shape index (κ2) is 6.41. The van der Waals surface area contributed by atoms with Crippen LogP contribution in [0.25, 0.3) is 6.08 Å². The molecule has 0 radical (unpaired) electrons. The number of allylic oxidation sites excluding steroid dienone is 1. The predicted molar refractivity (Wildman–Crippen MR) is 86.5 cm³/mol. The molecule has 1 aromatic rings. The third-order valence-electron chi connectivity index (χ3n) is 2.84. The monoisotopic (exact) mass is 347 g/mol. The summed E-state index contributed by atoms with van der Waals surface area (Å²) in [6.45, 7) is 2.09. The first-order valence-electron chi connectivity index (χ1n) is 6.42. The molecular weight excluding hydrogens is 330 g/mol. The highest BCUT2D eigenvalue weighted by molar-refractivity contribution is 8.00. The van der Waals surface area contributed by atoms with E-state index in [-0.39, 0.29) is 5.97 Å². The fourth-order valence-electron chi connectivity index (χ4n) is 2.12. The van der Waals surface area contributed by atoms with E-state index in [2.05, 4.69) is 3.77 Å². The lowest BCUT2D eigenvalue weighted by Gasteiger charge is -2.08. The minimum atomic E-state index is -3.42. The summed E-state index contributed by atoms with van der Waals surface area (Å²) in [5, 5.41) is 0. The van der Waals surface area contributed by atoms with Crippen LogP contribution in [-0.2, 0) is 31.9 Å². The standard InChI is InChI=1S/C13H17NO4S3/c1-4-18-12(15)11-9-7-5-6-8-10(9)13(19-11)20(2)14-21(3,16)17/h6,8H,4-5,7H2,1-3H3/t20-/m0/s1. The van der Waals surface area contributed by atoms with Crippen molar-refractivity contribution in [2.75, 3.05) is 19.1 Å². The molecule has 0 fully saturated rings. The van der Waals surface area contributed by atoms with Crippen molar-refractivity contribution < 1.29 is 17.9 Å². The number of nitrogens with zero attached hydrogens (tertiary/aromatic N) is 1. The smallest absolute Gasteiger partial charge is 0.348 e. The molecule has 1 heterocycles. The van der Waals surface area contributed by atoms with Crippen LogP contribution in [0.1, 0.15) is 34.1 Å². The Morgan fingerprint density at radius 1 is 1.52 bits per heavy atom. The van der Waals surface area contributed by atoms with Gasteiger partial charge < -0.3 is 4.74 Å². The Morgan fingerprint density at radius 3 is 2.86 bits per heavy atom. The van der Waals surface area contributed by atoms with Crippen LogP contribution in [0.5, 0.6) is 0 Å². The molecule has 0 unspecified atom stereocenters. The Morgan fingerprint density at radius 2 is 2.24 bits per heavy atom. The zero-order valence-electron chi connectivity index (χ0n) is 12.1. The van der Waals surface area contributed by atoms with Crippen LogP contribution in [0.2, 0.25) is 0 Å². The first-order chi connectivity index (χ1) is 9.83. The van der Waals surface area contributed by atoms with Gasteiger partial charge in [0.1, 0.15) is 4.88 Å². The van der Waals surface area contributed by atoms with Gasteiger partial charge in [-0.25, -0.2) is 13.2 Å². The van der Waals surface area contributed by atoms with Crippen LogP contribution in [0.3, 0.4) is 0 Å². The van der Waals surface area contributed by atoms with E-state index >= 15 is 0 Å². The molecule has 0 saturated heterocycles. The average molecular weight is 347 g/mol. The first kappa shape index (κ1) is 16.4. The Balaban J connectivity index is 2.56. The number of sulfonamides is 1. The number of esters is 1. The van der Waals surface area contributed by atoms with Crippen LogP contribution in [0.4, 0.5) is 0 Å². The molecule has 1 aliphatic rings. The Labute approximate surface area is 131 Å². The summed E-state index contributed by atoms with van der Waals surface area (Å²) in [6, 6.07) is 0. The Hall–Kier alpha value is -0.990. The summed E-state index contributed by atoms with van der Waals surface area (Å²) in [5.41, 5.74) is 1.89. The lowest BCUT2D eigenvalue weighted by molar-refractivity contribution is 0.0531. The molecule has 0 aromatic carbocycles. The van der Waals surface area contributed by atoms with Crippen LogP contribution in [0, 0.1) is 0 Å². The maximum atomic E-state index is 12.1. The maximum Gasteiger partial charge on any atom is 0.348 e. The van der Waals surface area contributed by atoms with Crippen molar-refractivity contribution in [1.82, 2.24) is 0 Å². The quantitative estimate of drug-likeness (QED) is 0.785. The Kier molecular flexibility index (Phi) is 5.00. The fraction of sp³-hybridized carbons (Fsp3) is 0.462. The van der Waals surface area contributed by atoms with Gasteiger partial charge in [0.05, 0.1) is 17.1 Å². The average Bonchev–Trinajstić information content (AvgIpc) is 2.76. The number of carbonyl (C=O) groups is 1. The van der Waals surface area contributed by atoms with Gasteiger partial charge in [0.15, 0.2) is 0 Å². The van der Waals surface area contributed by atoms with Gasteiger partial charge in [-0.1, -0.05) is 12.2 Å². The minimum absolute atomic E-state index is 0.322. The van der Waals surface area contributed by atoms with E-state index in [9.17, 15) is 13.2 Å². The highest BCUT2D eigenvalue weighted by atomic mass is 32.3. The van der Waals surface area contributed by atoms with Gasteiger partial charge in [-0.2, -0.15) is 0 Å². The first-order valence-corrected chi connectivity index (χ1v) is 10.7. The summed E-state index contributed by atoms with van der Waals surface area (Å²) in [4.78, 5) is 12.6. The molecule has 0 aliphatic heterocycles. The van der Waals surface area contributed by atoms with E-state index in [0.717, 1.165) is 34.4 Å². The molecule has 8 heteroatoms. The molecule has 21 heavy (non-hydrogen) atoms. The molecular formula is C13H17NO4S3. The van der Waals surface area contributed by atoms with E-state index in [1.165, 1.54) is 11.3 Å². The van der Waals surface area contributed by atoms with Gasteiger partial charge in [0, 0.05) is 5.56 Å². The molecule has 5 nitrogen and oxygen atoms in total. The van der Waals surface area contributed by atoms with E-state index < -0.39 is 20.7 Å². The second-order valence-corrected chi connectivity index (χ2v) is 9.26. The molecule has 0 saturated carbocycles. The lowest BCUT2D eigenvalue weighted by atomic mass is 10.00. The number of carbonyl (C=O) groups excluding carboxylic acids is 1. The zero-order chi connectivity index (χ0) is 15.6. The largest absolute Gasteiger partial charge is 0.462 e. The number of hydrogen-bond donors (Lipinski definition) is 0. The van der Waals surface area contributed by atoms with Gasteiger partial charge in [-0.05, 0) is 42.3 Å². The van der Waals surface area contributed by atoms with Gasteiger partial charge >= 0.3 is 5.97 Å². The minimum Gasteiger partial charge on any atom is -0.462 e. The Bertz CT molecular complexity index is 729. The highest BCUT2D eigenvalue weighted by Crippen LogP contribution is 2.36. The van der Waals surface area contributed by atoms with E-state index in [1.807, 2.05) is 12.2 Å². The molecule has 1 aromatic heterocycles. The zero-order valence-corrected chi connectivity index (χ0v) is 14.5. The van der Waals surface area contributed by atoms with Crippen LogP contribution >= 0.6 is 11.3 Å². The number of hydrogen-bond acceptors (Lipinski definition) is 5. The van der Waals surface area contributed by atoms with Crippen LogP contribution < -0.4 is 0 Å². The topological polar surface area (TPSA) is 72.8 Å². The molecule has 0 amide bonds. The van der Waals surface area contributed by atoms with Crippen LogP contribution in [-0.4, -0.2) is 33.5 Å². The summed E-state index contributed by atoms with van der Waals surface area (Å²) >= 11 is 1.30. The van der Waals surface area contributed by atoms with Crippen molar-refractivity contribution in [1.29, 1.82) is 0 Å². The maximum absolute atomic E-state index is 12.1. The molecule has 1 atom stereocenters. The number of ether oxygens (including phenoxy) is 1. The summed E-state index contributed by atoms with van der Waals surface area (Å²) in [5.74, 6) is -0.336. The van der Waals surface area contributed by atoms with Crippen molar-refractivity contribution in [2.45, 2.75) is 24.0 Å². The third-order valence-corrected chi connectivity index (χ3v) is 7.57. The molecule has 116 valence electrons. The van der Waals surface area contributed by atoms with Gasteiger partial charge in [-0.3, -0.25) is 0 Å². The summed E-state index contributed by atoms with van der Waals surface area (Å²) in [7, 11) is -4.21. The van der Waals surface area contributed by atoms with Crippen molar-refractivity contribution in [3.05, 3.63) is 22.1 Å². The van der Waals surface area contributed by atoms with Gasteiger partial charge in [0.25, 0.3) is 10.0 Å². The summed E-state index contributed by atoms with van der Waals surface area (Å²) in [6.07, 6.45) is 8.46. The summed E-state index contributed by atoms with van der Waals surface area (Å²) < 4.78 is 32.5. The molecule has 0 spiro atoms. The molecule has 1 aliphatic carbocycles. The third kappa shape index (κ3) is 3.81. The number of rotatable bonds is 4. The molecule has 2 rings (SSSR count).